The second-order valence-electron chi connectivity index (χ2n) is 3.27. The van der Waals surface area contributed by atoms with Crippen molar-refractivity contribution in [2.24, 2.45) is 0 Å². The molecule has 2 rings (SSSR count). The predicted octanol–water partition coefficient (Wildman–Crippen LogP) is 3.69. The summed E-state index contributed by atoms with van der Waals surface area (Å²) < 4.78 is 3.49. The Bertz CT molecular complexity index is 525. The highest BCUT2D eigenvalue weighted by molar-refractivity contribution is 9.10. The van der Waals surface area contributed by atoms with E-state index in [0.29, 0.717) is 17.4 Å². The van der Waals surface area contributed by atoms with E-state index < -0.39 is 0 Å². The molecule has 0 aliphatic rings. The highest BCUT2D eigenvalue weighted by atomic mass is 79.9. The molecular formula is C10H8Br2ClN3. The largest absolute Gasteiger partial charge is 0.383 e. The molecular weight excluding hydrogens is 357 g/mol. The predicted molar refractivity (Wildman–Crippen MR) is 72.6 cm³/mol. The fourth-order valence-corrected chi connectivity index (χ4v) is 2.19. The van der Waals surface area contributed by atoms with E-state index in [2.05, 4.69) is 37.0 Å². The van der Waals surface area contributed by atoms with Crippen LogP contribution in [0.15, 0.2) is 33.3 Å². The summed E-state index contributed by atoms with van der Waals surface area (Å²) in [6.07, 6.45) is 1.67. The van der Waals surface area contributed by atoms with Gasteiger partial charge >= 0.3 is 0 Å². The zero-order valence-corrected chi connectivity index (χ0v) is 12.1. The fourth-order valence-electron chi connectivity index (χ4n) is 1.32. The topological polar surface area (TPSA) is 43.8 Å². The molecule has 0 saturated carbocycles. The minimum absolute atomic E-state index is 0.582. The van der Waals surface area contributed by atoms with Crippen LogP contribution in [0.1, 0.15) is 5.56 Å². The Labute approximate surface area is 115 Å². The molecule has 2 aromatic rings. The average Bonchev–Trinajstić information content (AvgIpc) is 2.55. The minimum atomic E-state index is 0.582. The summed E-state index contributed by atoms with van der Waals surface area (Å²) in [5.41, 5.74) is 6.88. The molecule has 0 amide bonds. The van der Waals surface area contributed by atoms with E-state index in [1.165, 1.54) is 0 Å². The van der Waals surface area contributed by atoms with E-state index >= 15 is 0 Å². The first kappa shape index (κ1) is 12.0. The molecule has 0 spiro atoms. The molecule has 0 fully saturated rings. The first-order valence-corrected chi connectivity index (χ1v) is 6.45. The smallest absolute Gasteiger partial charge is 0.136 e. The Hall–Kier alpha value is -0.520. The molecule has 84 valence electrons. The summed E-state index contributed by atoms with van der Waals surface area (Å²) in [5.74, 6) is 0.604. The van der Waals surface area contributed by atoms with Crippen molar-refractivity contribution in [3.63, 3.8) is 0 Å². The Morgan fingerprint density at radius 3 is 2.69 bits per heavy atom. The molecule has 3 nitrogen and oxygen atoms in total. The van der Waals surface area contributed by atoms with Gasteiger partial charge in [-0.3, -0.25) is 0 Å². The van der Waals surface area contributed by atoms with Crippen molar-refractivity contribution < 1.29 is 0 Å². The third kappa shape index (κ3) is 2.42. The summed E-state index contributed by atoms with van der Waals surface area (Å²) in [7, 11) is 0. The summed E-state index contributed by atoms with van der Waals surface area (Å²) in [4.78, 5) is 0. The first-order valence-electron chi connectivity index (χ1n) is 4.48. The molecule has 0 unspecified atom stereocenters. The number of nitrogens with two attached hydrogens (primary N) is 1. The SMILES string of the molecule is Nc1c(Br)cnn1Cc1cc(Cl)ccc1Br. The number of nitrogen functional groups attached to an aromatic ring is 1. The molecule has 0 aliphatic heterocycles. The van der Waals surface area contributed by atoms with Crippen molar-refractivity contribution in [2.75, 3.05) is 5.73 Å². The van der Waals surface area contributed by atoms with Gasteiger partial charge in [0.25, 0.3) is 0 Å². The highest BCUT2D eigenvalue weighted by Gasteiger charge is 2.07. The quantitative estimate of drug-likeness (QED) is 0.882. The molecule has 1 aromatic carbocycles. The van der Waals surface area contributed by atoms with E-state index in [1.807, 2.05) is 18.2 Å². The van der Waals surface area contributed by atoms with Gasteiger partial charge in [-0.1, -0.05) is 27.5 Å². The second-order valence-corrected chi connectivity index (χ2v) is 5.42. The first-order chi connectivity index (χ1) is 7.58. The van der Waals surface area contributed by atoms with Gasteiger partial charge in [-0.15, -0.1) is 0 Å². The molecule has 0 saturated heterocycles. The van der Waals surface area contributed by atoms with Crippen LogP contribution in [0, 0.1) is 0 Å². The number of hydrogen-bond donors (Lipinski definition) is 1. The van der Waals surface area contributed by atoms with E-state index in [9.17, 15) is 0 Å². The van der Waals surface area contributed by atoms with E-state index in [0.717, 1.165) is 14.5 Å². The lowest BCUT2D eigenvalue weighted by Crippen LogP contribution is -2.06. The van der Waals surface area contributed by atoms with Crippen LogP contribution in [0.5, 0.6) is 0 Å². The maximum atomic E-state index is 5.94. The number of halogens is 3. The Kier molecular flexibility index (Phi) is 3.56. The van der Waals surface area contributed by atoms with Gasteiger partial charge in [0, 0.05) is 9.50 Å². The van der Waals surface area contributed by atoms with Gasteiger partial charge in [-0.05, 0) is 39.7 Å². The van der Waals surface area contributed by atoms with Crippen LogP contribution in [0.4, 0.5) is 5.82 Å². The van der Waals surface area contributed by atoms with Gasteiger partial charge in [-0.25, -0.2) is 4.68 Å². The monoisotopic (exact) mass is 363 g/mol. The Morgan fingerprint density at radius 1 is 1.31 bits per heavy atom. The van der Waals surface area contributed by atoms with Gasteiger partial charge in [0.1, 0.15) is 5.82 Å². The molecule has 0 bridgehead atoms. The van der Waals surface area contributed by atoms with Crippen molar-refractivity contribution in [2.45, 2.75) is 6.54 Å². The lowest BCUT2D eigenvalue weighted by Gasteiger charge is -2.07. The Morgan fingerprint density at radius 2 is 2.06 bits per heavy atom. The van der Waals surface area contributed by atoms with Crippen molar-refractivity contribution in [3.8, 4) is 0 Å². The number of nitrogens with zero attached hydrogens (tertiary/aromatic N) is 2. The zero-order valence-electron chi connectivity index (χ0n) is 8.12. The summed E-state index contributed by atoms with van der Waals surface area (Å²) in [5, 5.41) is 4.86. The van der Waals surface area contributed by atoms with Crippen molar-refractivity contribution in [3.05, 3.63) is 43.9 Å². The van der Waals surface area contributed by atoms with Crippen molar-refractivity contribution >= 4 is 49.3 Å². The van der Waals surface area contributed by atoms with E-state index in [-0.39, 0.29) is 0 Å². The maximum absolute atomic E-state index is 5.94. The molecule has 0 radical (unpaired) electrons. The fraction of sp³-hybridized carbons (Fsp3) is 0.100. The lowest BCUT2D eigenvalue weighted by atomic mass is 10.2. The number of anilines is 1. The van der Waals surface area contributed by atoms with E-state index in [4.69, 9.17) is 17.3 Å². The number of benzene rings is 1. The molecule has 1 aromatic heterocycles. The summed E-state index contributed by atoms with van der Waals surface area (Å²) in [6.45, 7) is 0.582. The van der Waals surface area contributed by atoms with Crippen LogP contribution in [-0.4, -0.2) is 9.78 Å². The normalized spacial score (nSPS) is 10.7. The summed E-state index contributed by atoms with van der Waals surface area (Å²) in [6, 6.07) is 5.63. The van der Waals surface area contributed by atoms with Crippen LogP contribution in [0.25, 0.3) is 0 Å². The molecule has 6 heteroatoms. The third-order valence-electron chi connectivity index (χ3n) is 2.16. The third-order valence-corrected chi connectivity index (χ3v) is 3.78. The van der Waals surface area contributed by atoms with Gasteiger partial charge in [0.05, 0.1) is 17.2 Å². The molecule has 16 heavy (non-hydrogen) atoms. The van der Waals surface area contributed by atoms with Gasteiger partial charge in [0.15, 0.2) is 0 Å². The van der Waals surface area contributed by atoms with Crippen molar-refractivity contribution in [1.82, 2.24) is 9.78 Å². The summed E-state index contributed by atoms with van der Waals surface area (Å²) >= 11 is 12.7. The van der Waals surface area contributed by atoms with Crippen LogP contribution < -0.4 is 5.73 Å². The molecule has 1 heterocycles. The molecule has 0 atom stereocenters. The average molecular weight is 365 g/mol. The number of aromatic nitrogens is 2. The van der Waals surface area contributed by atoms with E-state index in [1.54, 1.807) is 10.9 Å². The number of hydrogen-bond acceptors (Lipinski definition) is 2. The highest BCUT2D eigenvalue weighted by Crippen LogP contribution is 2.24. The maximum Gasteiger partial charge on any atom is 0.136 e. The molecule has 0 aliphatic carbocycles. The van der Waals surface area contributed by atoms with Gasteiger partial charge in [-0.2, -0.15) is 5.10 Å². The lowest BCUT2D eigenvalue weighted by molar-refractivity contribution is 0.695. The number of rotatable bonds is 2. The Balaban J connectivity index is 2.33. The van der Waals surface area contributed by atoms with Crippen molar-refractivity contribution in [1.29, 1.82) is 0 Å². The standard InChI is InChI=1S/C10H8Br2ClN3/c11-8-2-1-7(13)3-6(8)5-16-10(14)9(12)4-15-16/h1-4H,5,14H2. The minimum Gasteiger partial charge on any atom is -0.383 e. The van der Waals surface area contributed by atoms with Crippen LogP contribution in [0.2, 0.25) is 5.02 Å². The second kappa shape index (κ2) is 4.77. The van der Waals surface area contributed by atoms with Crippen LogP contribution >= 0.6 is 43.5 Å². The molecule has 2 N–H and O–H groups in total. The van der Waals surface area contributed by atoms with Crippen LogP contribution in [0.3, 0.4) is 0 Å². The zero-order chi connectivity index (χ0) is 11.7. The van der Waals surface area contributed by atoms with Gasteiger partial charge < -0.3 is 5.73 Å². The van der Waals surface area contributed by atoms with Crippen LogP contribution in [-0.2, 0) is 6.54 Å². The van der Waals surface area contributed by atoms with Gasteiger partial charge in [0.2, 0.25) is 0 Å².